The van der Waals surface area contributed by atoms with Gasteiger partial charge in [0.15, 0.2) is 0 Å². The van der Waals surface area contributed by atoms with E-state index in [4.69, 9.17) is 9.94 Å². The Bertz CT molecular complexity index is 619. The quantitative estimate of drug-likeness (QED) is 0.647. The van der Waals surface area contributed by atoms with Crippen LogP contribution in [0.1, 0.15) is 30.4 Å². The van der Waals surface area contributed by atoms with Crippen molar-refractivity contribution in [2.45, 2.75) is 30.6 Å². The normalized spacial score (nSPS) is 17.9. The molecule has 0 fully saturated rings. The van der Waals surface area contributed by atoms with Crippen molar-refractivity contribution < 1.29 is 19.1 Å². The van der Waals surface area contributed by atoms with Crippen molar-refractivity contribution in [3.05, 3.63) is 35.4 Å². The third kappa shape index (κ3) is 4.50. The SMILES string of the molecule is O=C(O)C(S)C[C@H]1CC(c2ccc(C#CCCF)cc2)=NO1. The number of alkyl halides is 1. The van der Waals surface area contributed by atoms with Crippen molar-refractivity contribution in [3.8, 4) is 11.8 Å². The number of benzene rings is 1. The molecule has 0 aliphatic carbocycles. The largest absolute Gasteiger partial charge is 0.480 e. The van der Waals surface area contributed by atoms with E-state index in [1.54, 1.807) is 0 Å². The molecule has 22 heavy (non-hydrogen) atoms. The van der Waals surface area contributed by atoms with Gasteiger partial charge in [-0.15, -0.1) is 0 Å². The van der Waals surface area contributed by atoms with Crippen LogP contribution < -0.4 is 0 Å². The second-order valence-corrected chi connectivity index (χ2v) is 5.50. The highest BCUT2D eigenvalue weighted by atomic mass is 32.1. The van der Waals surface area contributed by atoms with Crippen molar-refractivity contribution in [3.63, 3.8) is 0 Å². The highest BCUT2D eigenvalue weighted by molar-refractivity contribution is 7.81. The molecule has 1 aromatic rings. The van der Waals surface area contributed by atoms with Gasteiger partial charge in [-0.25, -0.2) is 0 Å². The number of rotatable bonds is 5. The number of hydrogen-bond donors (Lipinski definition) is 2. The summed E-state index contributed by atoms with van der Waals surface area (Å²) in [4.78, 5) is 16.0. The lowest BCUT2D eigenvalue weighted by molar-refractivity contribution is -0.137. The summed E-state index contributed by atoms with van der Waals surface area (Å²) in [5, 5.41) is 12.1. The highest BCUT2D eigenvalue weighted by Crippen LogP contribution is 2.22. The number of thiol groups is 1. The molecule has 0 saturated carbocycles. The van der Waals surface area contributed by atoms with Crippen LogP contribution in [-0.4, -0.2) is 34.8 Å². The molecule has 0 saturated heterocycles. The molecule has 2 rings (SSSR count). The van der Waals surface area contributed by atoms with Gasteiger partial charge in [0.2, 0.25) is 0 Å². The zero-order valence-electron chi connectivity index (χ0n) is 11.8. The maximum atomic E-state index is 12.0. The molecule has 116 valence electrons. The molecular weight excluding hydrogens is 305 g/mol. The summed E-state index contributed by atoms with van der Waals surface area (Å²) in [6, 6.07) is 7.43. The lowest BCUT2D eigenvalue weighted by Gasteiger charge is -2.10. The van der Waals surface area contributed by atoms with E-state index >= 15 is 0 Å². The molecule has 1 aliphatic heterocycles. The third-order valence-electron chi connectivity index (χ3n) is 3.17. The molecule has 0 radical (unpaired) electrons. The Labute approximate surface area is 133 Å². The van der Waals surface area contributed by atoms with Gasteiger partial charge < -0.3 is 9.94 Å². The van der Waals surface area contributed by atoms with Gasteiger partial charge in [-0.3, -0.25) is 9.18 Å². The third-order valence-corrected chi connectivity index (χ3v) is 3.61. The van der Waals surface area contributed by atoms with Gasteiger partial charge in [-0.05, 0) is 17.7 Å². The van der Waals surface area contributed by atoms with Gasteiger partial charge in [0.05, 0.1) is 5.71 Å². The van der Waals surface area contributed by atoms with E-state index in [0.29, 0.717) is 12.8 Å². The van der Waals surface area contributed by atoms with Crippen LogP contribution in [0.4, 0.5) is 4.39 Å². The maximum absolute atomic E-state index is 12.0. The second-order valence-electron chi connectivity index (χ2n) is 4.88. The summed E-state index contributed by atoms with van der Waals surface area (Å²) in [7, 11) is 0. The Balaban J connectivity index is 1.94. The molecule has 4 nitrogen and oxygen atoms in total. The smallest absolute Gasteiger partial charge is 0.316 e. The average molecular weight is 321 g/mol. The Hall–Kier alpha value is -2.00. The summed E-state index contributed by atoms with van der Waals surface area (Å²) in [6.45, 7) is -0.441. The van der Waals surface area contributed by atoms with Crippen LogP contribution >= 0.6 is 12.6 Å². The predicted molar refractivity (Wildman–Crippen MR) is 85.0 cm³/mol. The molecule has 6 heteroatoms. The van der Waals surface area contributed by atoms with E-state index in [2.05, 4.69) is 29.6 Å². The fourth-order valence-corrected chi connectivity index (χ4v) is 2.27. The minimum absolute atomic E-state index is 0.235. The van der Waals surface area contributed by atoms with Crippen LogP contribution in [0.15, 0.2) is 29.4 Å². The molecule has 1 aromatic carbocycles. The Morgan fingerprint density at radius 3 is 2.86 bits per heavy atom. The van der Waals surface area contributed by atoms with Crippen LogP contribution in [0, 0.1) is 11.8 Å². The van der Waals surface area contributed by atoms with Gasteiger partial charge in [0.1, 0.15) is 18.0 Å². The van der Waals surface area contributed by atoms with Gasteiger partial charge in [0.25, 0.3) is 0 Å². The van der Waals surface area contributed by atoms with E-state index in [1.165, 1.54) is 0 Å². The first-order valence-electron chi connectivity index (χ1n) is 6.89. The molecule has 0 amide bonds. The molecule has 0 bridgehead atoms. The summed E-state index contributed by atoms with van der Waals surface area (Å²) in [5.41, 5.74) is 2.50. The van der Waals surface area contributed by atoms with Crippen molar-refractivity contribution >= 4 is 24.3 Å². The van der Waals surface area contributed by atoms with Crippen LogP contribution in [0.5, 0.6) is 0 Å². The minimum Gasteiger partial charge on any atom is -0.480 e. The zero-order valence-corrected chi connectivity index (χ0v) is 12.7. The van der Waals surface area contributed by atoms with Gasteiger partial charge in [-0.2, -0.15) is 12.6 Å². The van der Waals surface area contributed by atoms with Crippen molar-refractivity contribution in [1.82, 2.24) is 0 Å². The number of oxime groups is 1. The lowest BCUT2D eigenvalue weighted by Crippen LogP contribution is -2.21. The summed E-state index contributed by atoms with van der Waals surface area (Å²) in [6.07, 6.45) is 0.825. The number of halogens is 1. The molecule has 2 atom stereocenters. The molecule has 1 heterocycles. The Morgan fingerprint density at radius 2 is 2.23 bits per heavy atom. The number of carbonyl (C=O) groups is 1. The summed E-state index contributed by atoms with van der Waals surface area (Å²) in [5.74, 6) is 4.65. The van der Waals surface area contributed by atoms with Gasteiger partial charge >= 0.3 is 5.97 Å². The number of aliphatic carboxylic acids is 1. The highest BCUT2D eigenvalue weighted by Gasteiger charge is 2.26. The van der Waals surface area contributed by atoms with Crippen molar-refractivity contribution in [2.75, 3.05) is 6.67 Å². The first-order chi connectivity index (χ1) is 10.6. The standard InChI is InChI=1S/C16H16FNO3S/c17-8-2-1-3-11-4-6-12(7-5-11)14-9-13(21-18-14)10-15(22)16(19)20/h4-7,13,15,22H,2,8-10H2,(H,19,20)/t13-,15?/m1/s1. The minimum atomic E-state index is -0.961. The molecule has 0 aromatic heterocycles. The van der Waals surface area contributed by atoms with Crippen LogP contribution in [0.3, 0.4) is 0 Å². The molecule has 1 unspecified atom stereocenters. The number of hydrogen-bond acceptors (Lipinski definition) is 4. The number of carboxylic acid groups (broad SMARTS) is 1. The van der Waals surface area contributed by atoms with E-state index in [-0.39, 0.29) is 12.5 Å². The van der Waals surface area contributed by atoms with Gasteiger partial charge in [-0.1, -0.05) is 29.1 Å². The zero-order chi connectivity index (χ0) is 15.9. The molecule has 1 aliphatic rings. The van der Waals surface area contributed by atoms with E-state index in [1.807, 2.05) is 24.3 Å². The summed E-state index contributed by atoms with van der Waals surface area (Å²) < 4.78 is 12.0. The average Bonchev–Trinajstić information content (AvgIpc) is 2.96. The first kappa shape index (κ1) is 16.4. The lowest BCUT2D eigenvalue weighted by atomic mass is 10.0. The second kappa shape index (κ2) is 7.85. The van der Waals surface area contributed by atoms with Crippen LogP contribution in [-0.2, 0) is 9.63 Å². The van der Waals surface area contributed by atoms with Crippen LogP contribution in [0.25, 0.3) is 0 Å². The monoisotopic (exact) mass is 321 g/mol. The Morgan fingerprint density at radius 1 is 1.50 bits per heavy atom. The van der Waals surface area contributed by atoms with Crippen molar-refractivity contribution in [2.24, 2.45) is 5.16 Å². The fourth-order valence-electron chi connectivity index (χ4n) is 2.03. The van der Waals surface area contributed by atoms with Crippen molar-refractivity contribution in [1.29, 1.82) is 0 Å². The van der Waals surface area contributed by atoms with E-state index in [0.717, 1.165) is 16.8 Å². The topological polar surface area (TPSA) is 58.9 Å². The summed E-state index contributed by atoms with van der Waals surface area (Å²) >= 11 is 4.00. The number of nitrogens with zero attached hydrogens (tertiary/aromatic N) is 1. The predicted octanol–water partition coefficient (Wildman–Crippen LogP) is 2.66. The maximum Gasteiger partial charge on any atom is 0.316 e. The molecular formula is C16H16FNO3S. The Kier molecular flexibility index (Phi) is 5.84. The van der Waals surface area contributed by atoms with E-state index in [9.17, 15) is 9.18 Å². The fraction of sp³-hybridized carbons (Fsp3) is 0.375. The molecule has 0 spiro atoms. The van der Waals surface area contributed by atoms with Gasteiger partial charge in [0, 0.05) is 24.8 Å². The number of carboxylic acids is 1. The first-order valence-corrected chi connectivity index (χ1v) is 7.40. The van der Waals surface area contributed by atoms with E-state index < -0.39 is 17.9 Å². The van der Waals surface area contributed by atoms with Crippen LogP contribution in [0.2, 0.25) is 0 Å². The molecule has 1 N–H and O–H groups in total.